The molecule has 0 bridgehead atoms. The van der Waals surface area contributed by atoms with E-state index in [0.717, 1.165) is 50.8 Å². The number of fused-ring (bicyclic) bond motifs is 1. The molecule has 1 aliphatic carbocycles. The number of anilines is 1. The first-order valence-corrected chi connectivity index (χ1v) is 11.3. The number of nitrogens with zero attached hydrogens (tertiary/aromatic N) is 3. The van der Waals surface area contributed by atoms with Crippen molar-refractivity contribution >= 4 is 11.8 Å². The summed E-state index contributed by atoms with van der Waals surface area (Å²) in [5, 5.41) is 17.5. The normalized spacial score (nSPS) is 22.1. The average Bonchev–Trinajstić information content (AvgIpc) is 3.11. The van der Waals surface area contributed by atoms with Gasteiger partial charge in [0.2, 0.25) is 5.95 Å². The zero-order valence-corrected chi connectivity index (χ0v) is 17.8. The first-order chi connectivity index (χ1) is 15.0. The first kappa shape index (κ1) is 20.3. The molecular weight excluding hydrogens is 399 g/mol. The average molecular weight is 429 g/mol. The Morgan fingerprint density at radius 3 is 2.65 bits per heavy atom. The van der Waals surface area contributed by atoms with Gasteiger partial charge < -0.3 is 15.2 Å². The molecule has 0 unspecified atom stereocenters. The van der Waals surface area contributed by atoms with Gasteiger partial charge in [0.05, 0.1) is 29.6 Å². The molecule has 166 valence electrons. The molecule has 0 spiro atoms. The number of hydrogen-bond donors (Lipinski definition) is 2. The number of carbonyl (C=O) groups is 1. The SMILES string of the molecule is C[C@H]1CCc2c(ccc(-c3cnn(C4CCNCC4)c3F)c2OC2CCC2)N1C(=O)O. The predicted octanol–water partition coefficient (Wildman–Crippen LogP) is 4.36. The zero-order chi connectivity index (χ0) is 21.5. The largest absolute Gasteiger partial charge is 0.489 e. The van der Waals surface area contributed by atoms with E-state index in [1.54, 1.807) is 18.3 Å². The first-order valence-electron chi connectivity index (χ1n) is 11.3. The molecule has 2 N–H and O–H groups in total. The number of amides is 1. The molecule has 3 heterocycles. The molecule has 0 radical (unpaired) electrons. The van der Waals surface area contributed by atoms with Gasteiger partial charge in [-0.15, -0.1) is 0 Å². The lowest BCUT2D eigenvalue weighted by Gasteiger charge is -2.36. The Balaban J connectivity index is 1.59. The molecule has 2 aliphatic heterocycles. The van der Waals surface area contributed by atoms with Gasteiger partial charge in [-0.05, 0) is 77.1 Å². The van der Waals surface area contributed by atoms with Crippen LogP contribution in [-0.4, -0.2) is 46.2 Å². The van der Waals surface area contributed by atoms with Crippen molar-refractivity contribution in [2.75, 3.05) is 18.0 Å². The highest BCUT2D eigenvalue weighted by molar-refractivity contribution is 5.91. The van der Waals surface area contributed by atoms with Crippen molar-refractivity contribution in [3.8, 4) is 16.9 Å². The third-order valence-corrected chi connectivity index (χ3v) is 6.97. The number of rotatable bonds is 4. The zero-order valence-electron chi connectivity index (χ0n) is 17.8. The van der Waals surface area contributed by atoms with E-state index in [1.807, 2.05) is 6.92 Å². The van der Waals surface area contributed by atoms with Crippen molar-refractivity contribution in [1.29, 1.82) is 0 Å². The number of aromatic nitrogens is 2. The maximum atomic E-state index is 15.5. The van der Waals surface area contributed by atoms with E-state index in [0.29, 0.717) is 35.4 Å². The maximum absolute atomic E-state index is 15.5. The van der Waals surface area contributed by atoms with E-state index < -0.39 is 6.09 Å². The standard InChI is InChI=1S/C23H29FN4O3/c1-14-5-6-18-20(27(14)23(29)30)8-7-17(21(18)31-16-3-2-4-16)19-13-26-28(22(19)24)15-9-11-25-12-10-15/h7-8,13-16,25H,2-6,9-12H2,1H3,(H,29,30)/t14-/m0/s1. The van der Waals surface area contributed by atoms with E-state index in [9.17, 15) is 9.90 Å². The number of carboxylic acid groups (broad SMARTS) is 1. The summed E-state index contributed by atoms with van der Waals surface area (Å²) in [4.78, 5) is 13.3. The minimum absolute atomic E-state index is 0.0481. The van der Waals surface area contributed by atoms with Gasteiger partial charge in [-0.1, -0.05) is 0 Å². The summed E-state index contributed by atoms with van der Waals surface area (Å²) in [5.74, 6) is 0.286. The molecule has 7 nitrogen and oxygen atoms in total. The van der Waals surface area contributed by atoms with Crippen LogP contribution >= 0.6 is 0 Å². The molecule has 1 aromatic heterocycles. The molecule has 1 saturated carbocycles. The molecular formula is C23H29FN4O3. The molecule has 1 saturated heterocycles. The van der Waals surface area contributed by atoms with Crippen molar-refractivity contribution in [1.82, 2.24) is 15.1 Å². The van der Waals surface area contributed by atoms with Crippen molar-refractivity contribution in [2.24, 2.45) is 0 Å². The molecule has 1 aromatic carbocycles. The maximum Gasteiger partial charge on any atom is 0.412 e. The molecule has 2 fully saturated rings. The molecule has 3 aliphatic rings. The van der Waals surface area contributed by atoms with Gasteiger partial charge in [0.25, 0.3) is 0 Å². The summed E-state index contributed by atoms with van der Waals surface area (Å²) in [5.41, 5.74) is 2.61. The Morgan fingerprint density at radius 1 is 1.19 bits per heavy atom. The van der Waals surface area contributed by atoms with E-state index in [2.05, 4.69) is 10.4 Å². The minimum atomic E-state index is -0.972. The Bertz CT molecular complexity index is 981. The third-order valence-electron chi connectivity index (χ3n) is 6.97. The summed E-state index contributed by atoms with van der Waals surface area (Å²) in [7, 11) is 0. The topological polar surface area (TPSA) is 79.6 Å². The highest BCUT2D eigenvalue weighted by Crippen LogP contribution is 2.45. The molecule has 1 atom stereocenters. The number of hydrogen-bond acceptors (Lipinski definition) is 4. The van der Waals surface area contributed by atoms with Crippen LogP contribution in [0, 0.1) is 5.95 Å². The molecule has 31 heavy (non-hydrogen) atoms. The lowest BCUT2D eigenvalue weighted by molar-refractivity contribution is 0.119. The molecule has 5 rings (SSSR count). The second-order valence-corrected chi connectivity index (χ2v) is 8.93. The van der Waals surface area contributed by atoms with Gasteiger partial charge in [0, 0.05) is 17.2 Å². The molecule has 2 aromatic rings. The van der Waals surface area contributed by atoms with Crippen LogP contribution in [0.4, 0.5) is 14.9 Å². The van der Waals surface area contributed by atoms with Gasteiger partial charge in [0.1, 0.15) is 5.75 Å². The van der Waals surface area contributed by atoms with E-state index in [-0.39, 0.29) is 24.1 Å². The fourth-order valence-electron chi connectivity index (χ4n) is 4.93. The quantitative estimate of drug-likeness (QED) is 0.756. The Morgan fingerprint density at radius 2 is 1.97 bits per heavy atom. The predicted molar refractivity (Wildman–Crippen MR) is 115 cm³/mol. The van der Waals surface area contributed by atoms with Gasteiger partial charge in [-0.25, -0.2) is 9.48 Å². The van der Waals surface area contributed by atoms with E-state index in [4.69, 9.17) is 4.74 Å². The van der Waals surface area contributed by atoms with Crippen LogP contribution in [0.3, 0.4) is 0 Å². The number of benzene rings is 1. The van der Waals surface area contributed by atoms with Crippen molar-refractivity contribution in [3.05, 3.63) is 29.8 Å². The smallest absolute Gasteiger partial charge is 0.412 e. The lowest BCUT2D eigenvalue weighted by Crippen LogP contribution is -2.41. The Kier molecular flexibility index (Phi) is 5.33. The fourth-order valence-corrected chi connectivity index (χ4v) is 4.93. The Hall–Kier alpha value is -2.61. The van der Waals surface area contributed by atoms with Crippen LogP contribution in [0.15, 0.2) is 18.3 Å². The van der Waals surface area contributed by atoms with Crippen LogP contribution < -0.4 is 15.0 Å². The summed E-state index contributed by atoms with van der Waals surface area (Å²) in [6.45, 7) is 3.63. The van der Waals surface area contributed by atoms with E-state index in [1.165, 1.54) is 9.58 Å². The number of piperidine rings is 1. The number of nitrogens with one attached hydrogen (secondary N) is 1. The van der Waals surface area contributed by atoms with Gasteiger partial charge >= 0.3 is 6.09 Å². The summed E-state index contributed by atoms with van der Waals surface area (Å²) in [6, 6.07) is 3.54. The molecule has 1 amide bonds. The highest BCUT2D eigenvalue weighted by Gasteiger charge is 2.34. The number of ether oxygens (including phenoxy) is 1. The highest BCUT2D eigenvalue weighted by atomic mass is 19.1. The summed E-state index contributed by atoms with van der Waals surface area (Å²) < 4.78 is 23.4. The van der Waals surface area contributed by atoms with Crippen LogP contribution in [0.2, 0.25) is 0 Å². The third kappa shape index (κ3) is 3.56. The number of halogens is 1. The lowest BCUT2D eigenvalue weighted by atomic mass is 9.91. The Labute approximate surface area is 181 Å². The second kappa shape index (κ2) is 8.15. The van der Waals surface area contributed by atoms with Crippen molar-refractivity contribution < 1.29 is 19.0 Å². The van der Waals surface area contributed by atoms with Crippen LogP contribution in [0.1, 0.15) is 57.1 Å². The summed E-state index contributed by atoms with van der Waals surface area (Å²) in [6.07, 6.45) is 6.89. The van der Waals surface area contributed by atoms with Gasteiger partial charge in [-0.2, -0.15) is 9.49 Å². The monoisotopic (exact) mass is 428 g/mol. The van der Waals surface area contributed by atoms with Gasteiger partial charge in [0.15, 0.2) is 0 Å². The van der Waals surface area contributed by atoms with Crippen molar-refractivity contribution in [3.63, 3.8) is 0 Å². The van der Waals surface area contributed by atoms with Crippen molar-refractivity contribution in [2.45, 2.75) is 70.1 Å². The second-order valence-electron chi connectivity index (χ2n) is 8.93. The van der Waals surface area contributed by atoms with Crippen LogP contribution in [0.25, 0.3) is 11.1 Å². The van der Waals surface area contributed by atoms with E-state index >= 15 is 4.39 Å². The fraction of sp³-hybridized carbons (Fsp3) is 0.565. The minimum Gasteiger partial charge on any atom is -0.489 e. The van der Waals surface area contributed by atoms with Gasteiger partial charge in [-0.3, -0.25) is 4.90 Å². The summed E-state index contributed by atoms with van der Waals surface area (Å²) >= 11 is 0. The molecule has 8 heteroatoms. The van der Waals surface area contributed by atoms with Crippen LogP contribution in [0.5, 0.6) is 5.75 Å². The van der Waals surface area contributed by atoms with Crippen LogP contribution in [-0.2, 0) is 6.42 Å².